The summed E-state index contributed by atoms with van der Waals surface area (Å²) < 4.78 is 6.20. The van der Waals surface area contributed by atoms with Crippen molar-refractivity contribution >= 4 is 44.0 Å². The summed E-state index contributed by atoms with van der Waals surface area (Å²) in [5, 5.41) is 4.79. The summed E-state index contributed by atoms with van der Waals surface area (Å²) in [6.45, 7) is 0. The molecule has 1 aliphatic rings. The van der Waals surface area contributed by atoms with E-state index in [9.17, 15) is 0 Å². The Morgan fingerprint density at radius 1 is 0.595 bits per heavy atom. The van der Waals surface area contributed by atoms with Gasteiger partial charge in [-0.15, -0.1) is 0 Å². The molecule has 3 heteroatoms. The van der Waals surface area contributed by atoms with Crippen molar-refractivity contribution in [2.24, 2.45) is 0 Å². The third-order valence-electron chi connectivity index (χ3n) is 8.19. The van der Waals surface area contributed by atoms with Gasteiger partial charge in [-0.1, -0.05) is 103 Å². The number of fused-ring (bicyclic) bond motifs is 4. The standard InChI is InChI=1S/C39H28N2O/c1-2-11-33(12-3-1)41(34-21-16-28(17-22-34)32-15-14-27-8-4-5-10-31(27)26-32)35-23-18-30(19-24-35)39-40-38-36-13-7-6-9-29(36)20-25-37(38)42-39/h1-11,13-26,33H,12H2. The van der Waals surface area contributed by atoms with Gasteiger partial charge in [0, 0.05) is 22.3 Å². The van der Waals surface area contributed by atoms with Gasteiger partial charge in [0.25, 0.3) is 0 Å². The van der Waals surface area contributed by atoms with Gasteiger partial charge in [-0.05, 0) is 82.2 Å². The van der Waals surface area contributed by atoms with E-state index in [0.717, 1.165) is 45.2 Å². The van der Waals surface area contributed by atoms with Gasteiger partial charge in [-0.25, -0.2) is 4.98 Å². The summed E-state index contributed by atoms with van der Waals surface area (Å²) in [6, 6.07) is 45.3. The number of benzene rings is 6. The van der Waals surface area contributed by atoms with Crippen LogP contribution in [0.2, 0.25) is 0 Å². The van der Waals surface area contributed by atoms with Crippen LogP contribution in [0.3, 0.4) is 0 Å². The van der Waals surface area contributed by atoms with E-state index < -0.39 is 0 Å². The fourth-order valence-corrected chi connectivity index (χ4v) is 6.02. The van der Waals surface area contributed by atoms with Gasteiger partial charge in [-0.3, -0.25) is 0 Å². The van der Waals surface area contributed by atoms with E-state index in [1.54, 1.807) is 0 Å². The van der Waals surface area contributed by atoms with E-state index >= 15 is 0 Å². The molecule has 0 aliphatic heterocycles. The first kappa shape index (κ1) is 24.4. The van der Waals surface area contributed by atoms with E-state index in [0.29, 0.717) is 5.89 Å². The molecular weight excluding hydrogens is 512 g/mol. The molecule has 3 nitrogen and oxygen atoms in total. The molecule has 1 atom stereocenters. The molecule has 0 saturated heterocycles. The minimum atomic E-state index is 0.225. The summed E-state index contributed by atoms with van der Waals surface area (Å²) in [5.41, 5.74) is 7.39. The lowest BCUT2D eigenvalue weighted by Crippen LogP contribution is -2.29. The molecule has 0 saturated carbocycles. The third kappa shape index (κ3) is 4.36. The zero-order valence-corrected chi connectivity index (χ0v) is 23.0. The van der Waals surface area contributed by atoms with Crippen LogP contribution in [-0.4, -0.2) is 11.0 Å². The summed E-state index contributed by atoms with van der Waals surface area (Å²) in [5.74, 6) is 0.639. The van der Waals surface area contributed by atoms with E-state index in [2.05, 4.69) is 138 Å². The van der Waals surface area contributed by atoms with Crippen molar-refractivity contribution in [1.29, 1.82) is 0 Å². The summed E-state index contributed by atoms with van der Waals surface area (Å²) in [7, 11) is 0. The topological polar surface area (TPSA) is 29.3 Å². The van der Waals surface area contributed by atoms with E-state index in [-0.39, 0.29) is 6.04 Å². The Morgan fingerprint density at radius 3 is 2.02 bits per heavy atom. The van der Waals surface area contributed by atoms with Crippen molar-refractivity contribution in [3.8, 4) is 22.6 Å². The van der Waals surface area contributed by atoms with Crippen LogP contribution in [0.5, 0.6) is 0 Å². The fourth-order valence-electron chi connectivity index (χ4n) is 6.02. The maximum Gasteiger partial charge on any atom is 0.227 e. The molecule has 1 aromatic heterocycles. The zero-order chi connectivity index (χ0) is 27.9. The molecule has 0 spiro atoms. The highest BCUT2D eigenvalue weighted by Gasteiger charge is 2.20. The predicted octanol–water partition coefficient (Wildman–Crippen LogP) is 10.5. The Bertz CT molecular complexity index is 2120. The lowest BCUT2D eigenvalue weighted by atomic mass is 10.00. The van der Waals surface area contributed by atoms with Gasteiger partial charge in [0.05, 0.1) is 6.04 Å². The highest BCUT2D eigenvalue weighted by atomic mass is 16.3. The first-order chi connectivity index (χ1) is 20.8. The number of hydrogen-bond donors (Lipinski definition) is 0. The number of oxazole rings is 1. The van der Waals surface area contributed by atoms with Crippen LogP contribution >= 0.6 is 0 Å². The second-order valence-electron chi connectivity index (χ2n) is 10.8. The summed E-state index contributed by atoms with van der Waals surface area (Å²) in [6.07, 6.45) is 9.72. The lowest BCUT2D eigenvalue weighted by molar-refractivity contribution is 0.620. The van der Waals surface area contributed by atoms with Crippen molar-refractivity contribution in [2.45, 2.75) is 12.5 Å². The average Bonchev–Trinajstić information content (AvgIpc) is 3.51. The zero-order valence-electron chi connectivity index (χ0n) is 23.0. The van der Waals surface area contributed by atoms with Crippen LogP contribution in [-0.2, 0) is 0 Å². The summed E-state index contributed by atoms with van der Waals surface area (Å²) >= 11 is 0. The molecule has 0 amide bonds. The van der Waals surface area contributed by atoms with Crippen molar-refractivity contribution in [3.63, 3.8) is 0 Å². The molecule has 1 unspecified atom stereocenters. The van der Waals surface area contributed by atoms with E-state index in [1.807, 2.05) is 18.2 Å². The van der Waals surface area contributed by atoms with Crippen LogP contribution in [0.15, 0.2) is 156 Å². The maximum absolute atomic E-state index is 6.20. The molecule has 0 N–H and O–H groups in total. The molecule has 8 rings (SSSR count). The van der Waals surface area contributed by atoms with Crippen LogP contribution in [0.25, 0.3) is 55.2 Å². The monoisotopic (exact) mass is 540 g/mol. The van der Waals surface area contributed by atoms with Crippen LogP contribution in [0.4, 0.5) is 11.4 Å². The normalized spacial score (nSPS) is 14.6. The van der Waals surface area contributed by atoms with Crippen molar-refractivity contribution in [3.05, 3.63) is 152 Å². The first-order valence-corrected chi connectivity index (χ1v) is 14.4. The molecular formula is C39H28N2O. The number of anilines is 2. The number of rotatable bonds is 5. The molecule has 200 valence electrons. The lowest BCUT2D eigenvalue weighted by Gasteiger charge is -2.32. The van der Waals surface area contributed by atoms with Crippen LogP contribution in [0.1, 0.15) is 6.42 Å². The Balaban J connectivity index is 1.13. The third-order valence-corrected chi connectivity index (χ3v) is 8.19. The molecule has 42 heavy (non-hydrogen) atoms. The predicted molar refractivity (Wildman–Crippen MR) is 175 cm³/mol. The number of aromatic nitrogens is 1. The van der Waals surface area contributed by atoms with Gasteiger partial charge in [0.2, 0.25) is 5.89 Å². The van der Waals surface area contributed by atoms with Gasteiger partial charge < -0.3 is 9.32 Å². The second-order valence-corrected chi connectivity index (χ2v) is 10.8. The van der Waals surface area contributed by atoms with Gasteiger partial charge in [0.15, 0.2) is 5.58 Å². The SMILES string of the molecule is C1=CCC(N(c2ccc(-c3ccc4ccccc4c3)cc2)c2ccc(-c3nc4c(ccc5ccccc54)o3)cc2)C=C1. The van der Waals surface area contributed by atoms with E-state index in [4.69, 9.17) is 9.40 Å². The average molecular weight is 541 g/mol. The number of nitrogens with zero attached hydrogens (tertiary/aromatic N) is 2. The Hall–Kier alpha value is -5.41. The van der Waals surface area contributed by atoms with Crippen molar-refractivity contribution in [1.82, 2.24) is 4.98 Å². The molecule has 0 fully saturated rings. The van der Waals surface area contributed by atoms with Gasteiger partial charge in [0.1, 0.15) is 5.52 Å². The number of allylic oxidation sites excluding steroid dienone is 2. The molecule has 7 aromatic rings. The fraction of sp³-hybridized carbons (Fsp3) is 0.0513. The smallest absolute Gasteiger partial charge is 0.227 e. The quantitative estimate of drug-likeness (QED) is 0.217. The number of hydrogen-bond acceptors (Lipinski definition) is 3. The molecule has 1 heterocycles. The second kappa shape index (κ2) is 10.2. The highest BCUT2D eigenvalue weighted by molar-refractivity contribution is 6.04. The summed E-state index contributed by atoms with van der Waals surface area (Å²) in [4.78, 5) is 7.30. The molecule has 6 aromatic carbocycles. The van der Waals surface area contributed by atoms with Crippen molar-refractivity contribution in [2.75, 3.05) is 4.90 Å². The van der Waals surface area contributed by atoms with Gasteiger partial charge in [-0.2, -0.15) is 0 Å². The van der Waals surface area contributed by atoms with Crippen LogP contribution < -0.4 is 4.90 Å². The Labute approximate surface area is 244 Å². The minimum absolute atomic E-state index is 0.225. The van der Waals surface area contributed by atoms with Gasteiger partial charge >= 0.3 is 0 Å². The maximum atomic E-state index is 6.20. The minimum Gasteiger partial charge on any atom is -0.436 e. The van der Waals surface area contributed by atoms with Crippen molar-refractivity contribution < 1.29 is 4.42 Å². The Morgan fingerprint density at radius 2 is 1.26 bits per heavy atom. The first-order valence-electron chi connectivity index (χ1n) is 14.4. The van der Waals surface area contributed by atoms with E-state index in [1.165, 1.54) is 21.9 Å². The largest absolute Gasteiger partial charge is 0.436 e. The van der Waals surface area contributed by atoms with Crippen LogP contribution in [0, 0.1) is 0 Å². The Kier molecular flexibility index (Phi) is 5.93. The molecule has 0 radical (unpaired) electrons. The molecule has 0 bridgehead atoms. The molecule has 1 aliphatic carbocycles. The highest BCUT2D eigenvalue weighted by Crippen LogP contribution is 2.35.